The van der Waals surface area contributed by atoms with E-state index in [1.54, 1.807) is 0 Å². The lowest BCUT2D eigenvalue weighted by Gasteiger charge is -2.33. The highest BCUT2D eigenvalue weighted by Gasteiger charge is 2.26. The summed E-state index contributed by atoms with van der Waals surface area (Å²) >= 11 is 0. The van der Waals surface area contributed by atoms with E-state index in [1.807, 2.05) is 49.1 Å². The molecule has 154 valence electrons. The first-order chi connectivity index (χ1) is 14.1. The Morgan fingerprint density at radius 1 is 1.10 bits per heavy atom. The molecule has 7 heteroatoms. The fourth-order valence-electron chi connectivity index (χ4n) is 3.95. The zero-order chi connectivity index (χ0) is 20.2. The summed E-state index contributed by atoms with van der Waals surface area (Å²) in [7, 11) is 0. The van der Waals surface area contributed by atoms with Crippen molar-refractivity contribution in [1.29, 1.82) is 0 Å². The minimum atomic E-state index is -0.0472. The van der Waals surface area contributed by atoms with E-state index in [-0.39, 0.29) is 12.0 Å². The molecule has 1 amide bonds. The van der Waals surface area contributed by atoms with Crippen molar-refractivity contribution in [1.82, 2.24) is 14.9 Å². The first-order valence-corrected chi connectivity index (χ1v) is 10.3. The summed E-state index contributed by atoms with van der Waals surface area (Å²) in [5.74, 6) is 1.34. The van der Waals surface area contributed by atoms with Crippen molar-refractivity contribution in [2.75, 3.05) is 44.3 Å². The molecule has 0 aliphatic carbocycles. The van der Waals surface area contributed by atoms with Crippen molar-refractivity contribution in [2.24, 2.45) is 0 Å². The van der Waals surface area contributed by atoms with E-state index in [0.717, 1.165) is 62.6 Å². The van der Waals surface area contributed by atoms with Gasteiger partial charge in [0.1, 0.15) is 11.9 Å². The average molecular weight is 396 g/mol. The van der Waals surface area contributed by atoms with E-state index in [2.05, 4.69) is 14.9 Å². The van der Waals surface area contributed by atoms with E-state index in [9.17, 15) is 4.79 Å². The first-order valence-electron chi connectivity index (χ1n) is 10.3. The molecule has 7 nitrogen and oxygen atoms in total. The largest absolute Gasteiger partial charge is 0.472 e. The topological polar surface area (TPSA) is 67.8 Å². The lowest BCUT2D eigenvalue weighted by molar-refractivity contribution is 0.0527. The summed E-state index contributed by atoms with van der Waals surface area (Å²) in [6.07, 6.45) is 1.79. The summed E-state index contributed by atoms with van der Waals surface area (Å²) < 4.78 is 11.5. The lowest BCUT2D eigenvalue weighted by atomic mass is 10.1. The molecular formula is C22H28N4O3. The Kier molecular flexibility index (Phi) is 5.94. The Morgan fingerprint density at radius 2 is 1.86 bits per heavy atom. The standard InChI is InChI=1S/C22H28N4O3/c1-16-14-21(24-17(2)23-16)29-20-4-3-9-26(15-20)22(27)18-5-7-19(8-6-18)25-10-12-28-13-11-25/h5-8,14,20H,3-4,9-13,15H2,1-2H3. The highest BCUT2D eigenvalue weighted by atomic mass is 16.5. The van der Waals surface area contributed by atoms with Crippen LogP contribution in [-0.4, -0.2) is 66.3 Å². The number of aromatic nitrogens is 2. The molecule has 4 rings (SSSR count). The minimum Gasteiger partial charge on any atom is -0.472 e. The molecule has 29 heavy (non-hydrogen) atoms. The molecule has 3 heterocycles. The van der Waals surface area contributed by atoms with Gasteiger partial charge in [0.25, 0.3) is 5.91 Å². The van der Waals surface area contributed by atoms with Gasteiger partial charge in [-0.3, -0.25) is 4.79 Å². The Balaban J connectivity index is 1.39. The number of carbonyl (C=O) groups excluding carboxylic acids is 1. The number of likely N-dealkylation sites (tertiary alicyclic amines) is 1. The van der Waals surface area contributed by atoms with Gasteiger partial charge in [-0.2, -0.15) is 4.98 Å². The van der Waals surface area contributed by atoms with Crippen LogP contribution in [-0.2, 0) is 4.74 Å². The van der Waals surface area contributed by atoms with Crippen LogP contribution in [0.1, 0.15) is 34.7 Å². The minimum absolute atomic E-state index is 0.0472. The van der Waals surface area contributed by atoms with E-state index in [0.29, 0.717) is 18.2 Å². The quantitative estimate of drug-likeness (QED) is 0.791. The van der Waals surface area contributed by atoms with Crippen LogP contribution >= 0.6 is 0 Å². The first kappa shape index (κ1) is 19.6. The van der Waals surface area contributed by atoms with E-state index < -0.39 is 0 Å². The maximum Gasteiger partial charge on any atom is 0.253 e. The summed E-state index contributed by atoms with van der Waals surface area (Å²) in [4.78, 5) is 25.8. The van der Waals surface area contributed by atoms with Crippen LogP contribution in [0.2, 0.25) is 0 Å². The maximum atomic E-state index is 13.0. The number of morpholine rings is 1. The van der Waals surface area contributed by atoms with Gasteiger partial charge in [0.05, 0.1) is 19.8 Å². The van der Waals surface area contributed by atoms with Crippen molar-refractivity contribution in [3.63, 3.8) is 0 Å². The molecular weight excluding hydrogens is 368 g/mol. The van der Waals surface area contributed by atoms with Crippen LogP contribution in [0.4, 0.5) is 5.69 Å². The van der Waals surface area contributed by atoms with E-state index in [4.69, 9.17) is 9.47 Å². The van der Waals surface area contributed by atoms with Gasteiger partial charge < -0.3 is 19.3 Å². The number of piperidine rings is 1. The van der Waals surface area contributed by atoms with Gasteiger partial charge in [-0.1, -0.05) is 0 Å². The zero-order valence-electron chi connectivity index (χ0n) is 17.1. The van der Waals surface area contributed by atoms with Crippen LogP contribution in [0.25, 0.3) is 0 Å². The number of anilines is 1. The molecule has 0 saturated carbocycles. The second-order valence-electron chi connectivity index (χ2n) is 7.67. The lowest BCUT2D eigenvalue weighted by Crippen LogP contribution is -2.44. The molecule has 0 radical (unpaired) electrons. The highest BCUT2D eigenvalue weighted by molar-refractivity contribution is 5.94. The molecule has 2 fully saturated rings. The summed E-state index contributed by atoms with van der Waals surface area (Å²) in [6.45, 7) is 8.40. The third-order valence-electron chi connectivity index (χ3n) is 5.39. The Bertz CT molecular complexity index is 829. The molecule has 1 unspecified atom stereocenters. The van der Waals surface area contributed by atoms with E-state index in [1.165, 1.54) is 0 Å². The van der Waals surface area contributed by atoms with Gasteiger partial charge in [-0.25, -0.2) is 4.98 Å². The fraction of sp³-hybridized carbons (Fsp3) is 0.500. The third-order valence-corrected chi connectivity index (χ3v) is 5.39. The normalized spacial score (nSPS) is 19.9. The summed E-state index contributed by atoms with van der Waals surface area (Å²) in [6, 6.07) is 9.76. The summed E-state index contributed by atoms with van der Waals surface area (Å²) in [5, 5.41) is 0. The number of carbonyl (C=O) groups is 1. The molecule has 2 aliphatic heterocycles. The monoisotopic (exact) mass is 396 g/mol. The number of rotatable bonds is 4. The van der Waals surface area contributed by atoms with Crippen molar-refractivity contribution < 1.29 is 14.3 Å². The molecule has 2 saturated heterocycles. The predicted molar refractivity (Wildman–Crippen MR) is 111 cm³/mol. The van der Waals surface area contributed by atoms with Crippen LogP contribution < -0.4 is 9.64 Å². The fourth-order valence-corrected chi connectivity index (χ4v) is 3.95. The molecule has 1 atom stereocenters. The van der Waals surface area contributed by atoms with Crippen molar-refractivity contribution in [2.45, 2.75) is 32.8 Å². The van der Waals surface area contributed by atoms with E-state index >= 15 is 0 Å². The van der Waals surface area contributed by atoms with Crippen molar-refractivity contribution in [3.05, 3.63) is 47.4 Å². The number of hydrogen-bond acceptors (Lipinski definition) is 6. The number of benzene rings is 1. The molecule has 1 aromatic carbocycles. The second kappa shape index (κ2) is 8.78. The van der Waals surface area contributed by atoms with Crippen LogP contribution in [0.5, 0.6) is 5.88 Å². The number of aryl methyl sites for hydroxylation is 2. The van der Waals surface area contributed by atoms with Gasteiger partial charge in [-0.15, -0.1) is 0 Å². The smallest absolute Gasteiger partial charge is 0.253 e. The molecule has 0 spiro atoms. The van der Waals surface area contributed by atoms with Crippen LogP contribution in [0, 0.1) is 13.8 Å². The Labute approximate surface area is 171 Å². The van der Waals surface area contributed by atoms with Crippen LogP contribution in [0.15, 0.2) is 30.3 Å². The number of amides is 1. The number of ether oxygens (including phenoxy) is 2. The third kappa shape index (κ3) is 4.85. The highest BCUT2D eigenvalue weighted by Crippen LogP contribution is 2.21. The number of nitrogens with zero attached hydrogens (tertiary/aromatic N) is 4. The molecule has 0 N–H and O–H groups in total. The molecule has 2 aromatic rings. The van der Waals surface area contributed by atoms with Gasteiger partial charge in [-0.05, 0) is 51.0 Å². The van der Waals surface area contributed by atoms with Gasteiger partial charge in [0.2, 0.25) is 5.88 Å². The van der Waals surface area contributed by atoms with Crippen molar-refractivity contribution >= 4 is 11.6 Å². The van der Waals surface area contributed by atoms with Gasteiger partial charge in [0.15, 0.2) is 0 Å². The molecule has 0 bridgehead atoms. The van der Waals surface area contributed by atoms with Crippen molar-refractivity contribution in [3.8, 4) is 5.88 Å². The van der Waals surface area contributed by atoms with Gasteiger partial charge >= 0.3 is 0 Å². The maximum absolute atomic E-state index is 13.0. The zero-order valence-corrected chi connectivity index (χ0v) is 17.1. The number of hydrogen-bond donors (Lipinski definition) is 0. The molecule has 2 aliphatic rings. The van der Waals surface area contributed by atoms with Gasteiger partial charge in [0, 0.05) is 42.6 Å². The average Bonchev–Trinajstić information content (AvgIpc) is 2.73. The molecule has 1 aromatic heterocycles. The van der Waals surface area contributed by atoms with Crippen LogP contribution in [0.3, 0.4) is 0 Å². The summed E-state index contributed by atoms with van der Waals surface area (Å²) in [5.41, 5.74) is 2.74. The Morgan fingerprint density at radius 3 is 2.59 bits per heavy atom. The second-order valence-corrected chi connectivity index (χ2v) is 7.67. The SMILES string of the molecule is Cc1cc(OC2CCCN(C(=O)c3ccc(N4CCOCC4)cc3)C2)nc(C)n1. The Hall–Kier alpha value is -2.67. The predicted octanol–water partition coefficient (Wildman–Crippen LogP) is 2.61.